The number of nitrogens with one attached hydrogen (secondary N) is 1. The summed E-state index contributed by atoms with van der Waals surface area (Å²) in [6, 6.07) is -0.539. The molecule has 1 amide bonds. The fourth-order valence-corrected chi connectivity index (χ4v) is 1.47. The van der Waals surface area contributed by atoms with Crippen LogP contribution in [0.1, 0.15) is 13.3 Å². The van der Waals surface area contributed by atoms with Crippen LogP contribution < -0.4 is 11.1 Å². The molecule has 2 atom stereocenters. The lowest BCUT2D eigenvalue weighted by molar-refractivity contribution is -0.122. The Labute approximate surface area is 87.4 Å². The highest BCUT2D eigenvalue weighted by Gasteiger charge is 2.10. The molecule has 0 spiro atoms. The quantitative estimate of drug-likeness (QED) is 0.580. The smallest absolute Gasteiger partial charge is 0.237 e. The standard InChI is InChI=1S/C9H18N2O2S/c1-3-5-8(10)9(12)11-6-7-14(13)4-2/h3,8H,1,4-7,10H2,2H3,(H,11,12). The van der Waals surface area contributed by atoms with E-state index in [-0.39, 0.29) is 5.91 Å². The molecule has 0 aromatic carbocycles. The predicted molar refractivity (Wildman–Crippen MR) is 59.3 cm³/mol. The van der Waals surface area contributed by atoms with Gasteiger partial charge in [0.05, 0.1) is 6.04 Å². The molecule has 14 heavy (non-hydrogen) atoms. The van der Waals surface area contributed by atoms with E-state index in [9.17, 15) is 9.00 Å². The Morgan fingerprint density at radius 2 is 2.36 bits per heavy atom. The van der Waals surface area contributed by atoms with Crippen molar-refractivity contribution in [3.05, 3.63) is 12.7 Å². The van der Waals surface area contributed by atoms with Crippen molar-refractivity contribution in [2.45, 2.75) is 19.4 Å². The zero-order chi connectivity index (χ0) is 11.0. The molecule has 0 saturated carbocycles. The van der Waals surface area contributed by atoms with Crippen LogP contribution in [0, 0.1) is 0 Å². The Morgan fingerprint density at radius 1 is 1.71 bits per heavy atom. The third kappa shape index (κ3) is 5.88. The maximum absolute atomic E-state index is 11.2. The molecule has 0 aliphatic rings. The van der Waals surface area contributed by atoms with E-state index in [1.165, 1.54) is 0 Å². The van der Waals surface area contributed by atoms with Gasteiger partial charge in [0.1, 0.15) is 0 Å². The van der Waals surface area contributed by atoms with Gasteiger partial charge in [-0.1, -0.05) is 13.0 Å². The zero-order valence-corrected chi connectivity index (χ0v) is 9.31. The first-order chi connectivity index (χ1) is 6.61. The average molecular weight is 218 g/mol. The second-order valence-corrected chi connectivity index (χ2v) is 4.72. The van der Waals surface area contributed by atoms with E-state index >= 15 is 0 Å². The third-order valence-corrected chi connectivity index (χ3v) is 3.01. The first-order valence-electron chi connectivity index (χ1n) is 4.61. The fourth-order valence-electron chi connectivity index (χ4n) is 0.850. The average Bonchev–Trinajstić information content (AvgIpc) is 2.17. The summed E-state index contributed by atoms with van der Waals surface area (Å²) >= 11 is 0. The van der Waals surface area contributed by atoms with Crippen LogP contribution >= 0.6 is 0 Å². The maximum Gasteiger partial charge on any atom is 0.237 e. The number of hydrogen-bond donors (Lipinski definition) is 2. The molecular formula is C9H18N2O2S. The number of amides is 1. The van der Waals surface area contributed by atoms with Crippen molar-refractivity contribution in [1.82, 2.24) is 5.32 Å². The van der Waals surface area contributed by atoms with E-state index in [0.29, 0.717) is 24.5 Å². The first-order valence-corrected chi connectivity index (χ1v) is 6.09. The second-order valence-electron chi connectivity index (χ2n) is 2.85. The summed E-state index contributed by atoms with van der Waals surface area (Å²) < 4.78 is 11.0. The molecule has 3 N–H and O–H groups in total. The molecule has 0 aromatic heterocycles. The Hall–Kier alpha value is -0.680. The summed E-state index contributed by atoms with van der Waals surface area (Å²) in [6.07, 6.45) is 2.07. The lowest BCUT2D eigenvalue weighted by atomic mass is 10.2. The highest BCUT2D eigenvalue weighted by Crippen LogP contribution is 1.88. The molecule has 2 unspecified atom stereocenters. The lowest BCUT2D eigenvalue weighted by Gasteiger charge is -2.09. The Bertz CT molecular complexity index is 219. The Balaban J connectivity index is 3.63. The zero-order valence-electron chi connectivity index (χ0n) is 8.49. The van der Waals surface area contributed by atoms with Gasteiger partial charge in [0.2, 0.25) is 5.91 Å². The summed E-state index contributed by atoms with van der Waals surface area (Å²) in [5.74, 6) is 0.899. The van der Waals surface area contributed by atoms with E-state index in [0.717, 1.165) is 0 Å². The third-order valence-electron chi connectivity index (χ3n) is 1.71. The van der Waals surface area contributed by atoms with Crippen LogP contribution in [0.2, 0.25) is 0 Å². The van der Waals surface area contributed by atoms with Crippen molar-refractivity contribution in [3.8, 4) is 0 Å². The minimum atomic E-state index is -0.836. The molecule has 0 rings (SSSR count). The number of hydrogen-bond acceptors (Lipinski definition) is 3. The maximum atomic E-state index is 11.2. The van der Waals surface area contributed by atoms with Gasteiger partial charge < -0.3 is 11.1 Å². The molecule has 5 heteroatoms. The van der Waals surface area contributed by atoms with Crippen LogP contribution in [0.5, 0.6) is 0 Å². The molecule has 0 heterocycles. The van der Waals surface area contributed by atoms with Crippen LogP contribution in [-0.2, 0) is 15.6 Å². The highest BCUT2D eigenvalue weighted by atomic mass is 32.2. The molecule has 0 bridgehead atoms. The SMILES string of the molecule is C=CCC(N)C(=O)NCCS(=O)CC. The molecular weight excluding hydrogens is 200 g/mol. The molecule has 82 valence electrons. The Kier molecular flexibility index (Phi) is 7.32. The summed E-state index contributed by atoms with van der Waals surface area (Å²) in [7, 11) is -0.836. The summed E-state index contributed by atoms with van der Waals surface area (Å²) in [6.45, 7) is 5.77. The second kappa shape index (κ2) is 7.70. The van der Waals surface area contributed by atoms with Gasteiger partial charge in [-0.3, -0.25) is 9.00 Å². The van der Waals surface area contributed by atoms with Crippen LogP contribution in [0.15, 0.2) is 12.7 Å². The molecule has 0 aliphatic carbocycles. The van der Waals surface area contributed by atoms with Crippen molar-refractivity contribution in [2.24, 2.45) is 5.73 Å². The predicted octanol–water partition coefficient (Wildman–Crippen LogP) is -0.225. The van der Waals surface area contributed by atoms with Gasteiger partial charge in [-0.2, -0.15) is 0 Å². The molecule has 0 saturated heterocycles. The lowest BCUT2D eigenvalue weighted by Crippen LogP contribution is -2.41. The van der Waals surface area contributed by atoms with Gasteiger partial charge in [0, 0.05) is 28.9 Å². The van der Waals surface area contributed by atoms with E-state index in [1.54, 1.807) is 6.08 Å². The Morgan fingerprint density at radius 3 is 2.86 bits per heavy atom. The van der Waals surface area contributed by atoms with Crippen molar-refractivity contribution < 1.29 is 9.00 Å². The van der Waals surface area contributed by atoms with E-state index in [1.807, 2.05) is 6.92 Å². The molecule has 0 radical (unpaired) electrons. The van der Waals surface area contributed by atoms with Gasteiger partial charge in [-0.05, 0) is 6.42 Å². The van der Waals surface area contributed by atoms with Crippen LogP contribution in [0.3, 0.4) is 0 Å². The van der Waals surface area contributed by atoms with Crippen molar-refractivity contribution in [2.75, 3.05) is 18.1 Å². The topological polar surface area (TPSA) is 72.2 Å². The van der Waals surface area contributed by atoms with Crippen molar-refractivity contribution in [1.29, 1.82) is 0 Å². The molecule has 0 aromatic rings. The number of carbonyl (C=O) groups is 1. The number of rotatable bonds is 7. The minimum Gasteiger partial charge on any atom is -0.354 e. The van der Waals surface area contributed by atoms with Gasteiger partial charge in [-0.25, -0.2) is 0 Å². The van der Waals surface area contributed by atoms with Crippen molar-refractivity contribution in [3.63, 3.8) is 0 Å². The van der Waals surface area contributed by atoms with Gasteiger partial charge in [0.25, 0.3) is 0 Å². The summed E-state index contributed by atoms with van der Waals surface area (Å²) in [5.41, 5.74) is 5.52. The van der Waals surface area contributed by atoms with E-state index in [4.69, 9.17) is 5.73 Å². The van der Waals surface area contributed by atoms with Crippen LogP contribution in [-0.4, -0.2) is 34.2 Å². The van der Waals surface area contributed by atoms with Crippen LogP contribution in [0.25, 0.3) is 0 Å². The van der Waals surface area contributed by atoms with Crippen LogP contribution in [0.4, 0.5) is 0 Å². The first kappa shape index (κ1) is 13.3. The number of carbonyl (C=O) groups excluding carboxylic acids is 1. The van der Waals surface area contributed by atoms with Gasteiger partial charge in [-0.15, -0.1) is 6.58 Å². The molecule has 0 aliphatic heterocycles. The molecule has 0 fully saturated rings. The normalized spacial score (nSPS) is 14.4. The fraction of sp³-hybridized carbons (Fsp3) is 0.667. The van der Waals surface area contributed by atoms with Gasteiger partial charge >= 0.3 is 0 Å². The van der Waals surface area contributed by atoms with Crippen molar-refractivity contribution >= 4 is 16.7 Å². The van der Waals surface area contributed by atoms with E-state index < -0.39 is 16.8 Å². The minimum absolute atomic E-state index is 0.210. The highest BCUT2D eigenvalue weighted by molar-refractivity contribution is 7.84. The summed E-state index contributed by atoms with van der Waals surface area (Å²) in [4.78, 5) is 11.2. The van der Waals surface area contributed by atoms with Gasteiger partial charge in [0.15, 0.2) is 0 Å². The largest absolute Gasteiger partial charge is 0.354 e. The molecule has 4 nitrogen and oxygen atoms in total. The monoisotopic (exact) mass is 218 g/mol. The number of nitrogens with two attached hydrogens (primary N) is 1. The van der Waals surface area contributed by atoms with E-state index in [2.05, 4.69) is 11.9 Å². The summed E-state index contributed by atoms with van der Waals surface area (Å²) in [5, 5.41) is 2.63.